The predicted octanol–water partition coefficient (Wildman–Crippen LogP) is 0.557. The maximum Gasteiger partial charge on any atom is 0.332 e. The van der Waals surface area contributed by atoms with Gasteiger partial charge in [-0.1, -0.05) is 30.3 Å². The van der Waals surface area contributed by atoms with Gasteiger partial charge in [-0.2, -0.15) is 0 Å². The number of aromatic nitrogens is 4. The Bertz CT molecular complexity index is 1110. The van der Waals surface area contributed by atoms with Gasteiger partial charge in [0, 0.05) is 26.2 Å². The zero-order valence-electron chi connectivity index (χ0n) is 16.2. The largest absolute Gasteiger partial charge is 0.390 e. The van der Waals surface area contributed by atoms with Crippen LogP contribution < -0.4 is 11.2 Å². The molecular formula is C20H25N5O3. The molecule has 148 valence electrons. The van der Waals surface area contributed by atoms with Gasteiger partial charge in [0.05, 0.1) is 12.6 Å². The Kier molecular flexibility index (Phi) is 4.91. The normalized spacial score (nSPS) is 16.1. The molecule has 0 aliphatic carbocycles. The molecule has 8 nitrogen and oxygen atoms in total. The number of nitrogens with zero attached hydrogens (tertiary/aromatic N) is 5. The monoisotopic (exact) mass is 383 g/mol. The number of hydrogen-bond acceptors (Lipinski definition) is 5. The third-order valence-electron chi connectivity index (χ3n) is 5.44. The lowest BCUT2D eigenvalue weighted by molar-refractivity contribution is 0.110. The lowest BCUT2D eigenvalue weighted by atomic mass is 10.2. The fraction of sp³-hybridized carbons (Fsp3) is 0.450. The topological polar surface area (TPSA) is 85.3 Å². The van der Waals surface area contributed by atoms with Crippen molar-refractivity contribution in [2.45, 2.75) is 25.5 Å². The van der Waals surface area contributed by atoms with Crippen molar-refractivity contribution in [1.82, 2.24) is 23.6 Å². The molecule has 0 unspecified atom stereocenters. The van der Waals surface area contributed by atoms with Crippen LogP contribution in [0.1, 0.15) is 12.8 Å². The van der Waals surface area contributed by atoms with Crippen LogP contribution in [0.15, 0.2) is 39.9 Å². The maximum atomic E-state index is 12.9. The molecule has 28 heavy (non-hydrogen) atoms. The third-order valence-corrected chi connectivity index (χ3v) is 5.44. The summed E-state index contributed by atoms with van der Waals surface area (Å²) in [5, 5.41) is 10.7. The number of benzene rings is 1. The molecule has 1 aliphatic rings. The number of aliphatic hydroxyl groups is 1. The van der Waals surface area contributed by atoms with E-state index in [4.69, 9.17) is 0 Å². The molecule has 1 aliphatic heterocycles. The van der Waals surface area contributed by atoms with Crippen molar-refractivity contribution in [2.24, 2.45) is 14.1 Å². The van der Waals surface area contributed by atoms with Gasteiger partial charge in [0.15, 0.2) is 11.2 Å². The fourth-order valence-electron chi connectivity index (χ4n) is 3.96. The van der Waals surface area contributed by atoms with E-state index in [0.717, 1.165) is 36.1 Å². The summed E-state index contributed by atoms with van der Waals surface area (Å²) in [5.74, 6) is 0.578. The number of imidazole rings is 1. The van der Waals surface area contributed by atoms with Gasteiger partial charge in [-0.25, -0.2) is 9.78 Å². The standard InChI is InChI=1S/C20H25N5O3/c1-22-18-16(19(27)23(2)20(22)28)25(13-15(26)12-24-10-6-7-11-24)17(21-18)14-8-4-3-5-9-14/h3-5,8-9,15,26H,6-7,10-13H2,1-2H3/t15-/m0/s1. The highest BCUT2D eigenvalue weighted by Crippen LogP contribution is 2.23. The van der Waals surface area contributed by atoms with Crippen molar-refractivity contribution in [3.63, 3.8) is 0 Å². The molecule has 1 atom stereocenters. The molecule has 8 heteroatoms. The second kappa shape index (κ2) is 7.37. The first-order valence-electron chi connectivity index (χ1n) is 9.59. The smallest absolute Gasteiger partial charge is 0.332 e. The van der Waals surface area contributed by atoms with Gasteiger partial charge in [-0.15, -0.1) is 0 Å². The summed E-state index contributed by atoms with van der Waals surface area (Å²) in [5.41, 5.74) is 0.686. The summed E-state index contributed by atoms with van der Waals surface area (Å²) in [7, 11) is 3.07. The first kappa shape index (κ1) is 18.6. The first-order valence-corrected chi connectivity index (χ1v) is 9.59. The SMILES string of the molecule is Cn1c(=O)c2c(nc(-c3ccccc3)n2C[C@@H](O)CN2CCCC2)n(C)c1=O. The molecule has 0 bridgehead atoms. The minimum absolute atomic E-state index is 0.241. The van der Waals surface area contributed by atoms with Crippen molar-refractivity contribution in [3.8, 4) is 11.4 Å². The second-order valence-electron chi connectivity index (χ2n) is 7.45. The number of aliphatic hydroxyl groups excluding tert-OH is 1. The highest BCUT2D eigenvalue weighted by atomic mass is 16.3. The molecule has 1 fully saturated rings. The van der Waals surface area contributed by atoms with Crippen LogP contribution in [0.4, 0.5) is 0 Å². The second-order valence-corrected chi connectivity index (χ2v) is 7.45. The average molecular weight is 383 g/mol. The van der Waals surface area contributed by atoms with E-state index in [-0.39, 0.29) is 6.54 Å². The zero-order valence-corrected chi connectivity index (χ0v) is 16.2. The Balaban J connectivity index is 1.86. The quantitative estimate of drug-likeness (QED) is 0.696. The highest BCUT2D eigenvalue weighted by Gasteiger charge is 2.23. The van der Waals surface area contributed by atoms with Crippen molar-refractivity contribution in [3.05, 3.63) is 51.2 Å². The van der Waals surface area contributed by atoms with E-state index in [2.05, 4.69) is 9.88 Å². The lowest BCUT2D eigenvalue weighted by Gasteiger charge is -2.20. The van der Waals surface area contributed by atoms with E-state index in [9.17, 15) is 14.7 Å². The molecule has 1 N–H and O–H groups in total. The number of aryl methyl sites for hydroxylation is 1. The summed E-state index contributed by atoms with van der Waals surface area (Å²) in [6.07, 6.45) is 1.66. The van der Waals surface area contributed by atoms with Gasteiger partial charge in [0.2, 0.25) is 0 Å². The highest BCUT2D eigenvalue weighted by molar-refractivity contribution is 5.77. The zero-order chi connectivity index (χ0) is 19.8. The molecule has 0 spiro atoms. The Morgan fingerprint density at radius 2 is 1.71 bits per heavy atom. The molecule has 1 saturated heterocycles. The number of rotatable bonds is 5. The van der Waals surface area contributed by atoms with Gasteiger partial charge >= 0.3 is 5.69 Å². The van der Waals surface area contributed by atoms with Crippen molar-refractivity contribution in [1.29, 1.82) is 0 Å². The van der Waals surface area contributed by atoms with Crippen LogP contribution in [-0.4, -0.2) is 54.4 Å². The maximum absolute atomic E-state index is 12.9. The van der Waals surface area contributed by atoms with Crippen LogP contribution in [0.3, 0.4) is 0 Å². The molecule has 3 heterocycles. The minimum atomic E-state index is -0.639. The molecule has 0 amide bonds. The minimum Gasteiger partial charge on any atom is -0.390 e. The van der Waals surface area contributed by atoms with E-state index in [1.807, 2.05) is 30.3 Å². The van der Waals surface area contributed by atoms with E-state index in [0.29, 0.717) is 23.5 Å². The Morgan fingerprint density at radius 3 is 2.39 bits per heavy atom. The lowest BCUT2D eigenvalue weighted by Crippen LogP contribution is -2.38. The van der Waals surface area contributed by atoms with Gasteiger partial charge < -0.3 is 14.6 Å². The molecular weight excluding hydrogens is 358 g/mol. The Hall–Kier alpha value is -2.71. The van der Waals surface area contributed by atoms with Crippen LogP contribution in [0, 0.1) is 0 Å². The van der Waals surface area contributed by atoms with Gasteiger partial charge in [-0.3, -0.25) is 13.9 Å². The molecule has 2 aromatic heterocycles. The van der Waals surface area contributed by atoms with Crippen LogP contribution in [0.2, 0.25) is 0 Å². The van der Waals surface area contributed by atoms with Crippen LogP contribution in [0.5, 0.6) is 0 Å². The summed E-state index contributed by atoms with van der Waals surface area (Å²) in [4.78, 5) is 32.1. The molecule has 0 radical (unpaired) electrons. The van der Waals surface area contributed by atoms with E-state index in [1.165, 1.54) is 11.6 Å². The van der Waals surface area contributed by atoms with E-state index >= 15 is 0 Å². The number of hydrogen-bond donors (Lipinski definition) is 1. The van der Waals surface area contributed by atoms with Crippen LogP contribution >= 0.6 is 0 Å². The molecule has 4 rings (SSSR count). The number of fused-ring (bicyclic) bond motifs is 1. The summed E-state index contributed by atoms with van der Waals surface area (Å²) in [6, 6.07) is 9.53. The number of likely N-dealkylation sites (tertiary alicyclic amines) is 1. The van der Waals surface area contributed by atoms with Crippen molar-refractivity contribution in [2.75, 3.05) is 19.6 Å². The van der Waals surface area contributed by atoms with Crippen molar-refractivity contribution >= 4 is 11.2 Å². The molecule has 1 aromatic carbocycles. The first-order chi connectivity index (χ1) is 13.5. The van der Waals surface area contributed by atoms with Gasteiger partial charge in [0.1, 0.15) is 5.82 Å². The number of β-amino-alcohol motifs (C(OH)–C–C–N with tert-alkyl or cyclic N) is 1. The van der Waals surface area contributed by atoms with Crippen molar-refractivity contribution < 1.29 is 5.11 Å². The Morgan fingerprint density at radius 1 is 1.04 bits per heavy atom. The van der Waals surface area contributed by atoms with E-state index in [1.54, 1.807) is 11.6 Å². The summed E-state index contributed by atoms with van der Waals surface area (Å²) in [6.45, 7) is 2.78. The van der Waals surface area contributed by atoms with Crippen LogP contribution in [-0.2, 0) is 20.6 Å². The summed E-state index contributed by atoms with van der Waals surface area (Å²) >= 11 is 0. The molecule has 0 saturated carbocycles. The third kappa shape index (κ3) is 3.18. The van der Waals surface area contributed by atoms with Gasteiger partial charge in [0.25, 0.3) is 5.56 Å². The van der Waals surface area contributed by atoms with E-state index < -0.39 is 17.4 Å². The van der Waals surface area contributed by atoms with Gasteiger partial charge in [-0.05, 0) is 25.9 Å². The van der Waals surface area contributed by atoms with Crippen LogP contribution in [0.25, 0.3) is 22.6 Å². The predicted molar refractivity (Wildman–Crippen MR) is 107 cm³/mol. The average Bonchev–Trinajstić information content (AvgIpc) is 3.33. The molecule has 3 aromatic rings. The summed E-state index contributed by atoms with van der Waals surface area (Å²) < 4.78 is 4.22. The Labute approximate surface area is 162 Å². The fourth-order valence-corrected chi connectivity index (χ4v) is 3.96.